The molecule has 3 nitrogen and oxygen atoms in total. The first-order valence-corrected chi connectivity index (χ1v) is 6.90. The fraction of sp³-hybridized carbons (Fsp3) is 0.250. The van der Waals surface area contributed by atoms with Crippen molar-refractivity contribution in [3.05, 3.63) is 58.4 Å². The number of nitrogens with one attached hydrogen (secondary N) is 1. The Hall–Kier alpha value is -1.78. The Morgan fingerprint density at radius 2 is 1.86 bits per heavy atom. The molecule has 0 bridgehead atoms. The molecule has 0 atom stereocenters. The molecule has 2 aromatic rings. The van der Waals surface area contributed by atoms with Crippen LogP contribution in [-0.2, 0) is 13.2 Å². The number of hydrogen-bond donors (Lipinski definition) is 1. The standard InChI is InChI=1S/C16H17ClFNO2/c1-19-9-11-4-6-15(20-2)16(8-11)21-10-12-3-5-13(17)14(18)7-12/h3-8,19H,9-10H2,1-2H3. The van der Waals surface area contributed by atoms with Crippen LogP contribution in [0.5, 0.6) is 11.5 Å². The number of hydrogen-bond acceptors (Lipinski definition) is 3. The first-order chi connectivity index (χ1) is 10.1. The molecule has 0 radical (unpaired) electrons. The van der Waals surface area contributed by atoms with E-state index in [0.29, 0.717) is 17.1 Å². The maximum Gasteiger partial charge on any atom is 0.161 e. The van der Waals surface area contributed by atoms with E-state index >= 15 is 0 Å². The van der Waals surface area contributed by atoms with E-state index in [4.69, 9.17) is 21.1 Å². The highest BCUT2D eigenvalue weighted by Crippen LogP contribution is 2.29. The van der Waals surface area contributed by atoms with Crippen LogP contribution in [0.4, 0.5) is 4.39 Å². The van der Waals surface area contributed by atoms with Gasteiger partial charge in [-0.15, -0.1) is 0 Å². The Morgan fingerprint density at radius 3 is 2.52 bits per heavy atom. The van der Waals surface area contributed by atoms with Crippen molar-refractivity contribution in [2.45, 2.75) is 13.2 Å². The van der Waals surface area contributed by atoms with E-state index in [0.717, 1.165) is 12.1 Å². The molecule has 112 valence electrons. The van der Waals surface area contributed by atoms with Gasteiger partial charge in [-0.3, -0.25) is 0 Å². The summed E-state index contributed by atoms with van der Waals surface area (Å²) in [5.41, 5.74) is 1.79. The minimum Gasteiger partial charge on any atom is -0.493 e. The molecule has 0 unspecified atom stereocenters. The van der Waals surface area contributed by atoms with Gasteiger partial charge >= 0.3 is 0 Å². The molecule has 0 saturated carbocycles. The third-order valence-electron chi connectivity index (χ3n) is 2.99. The van der Waals surface area contributed by atoms with Crippen molar-refractivity contribution in [2.75, 3.05) is 14.2 Å². The Labute approximate surface area is 128 Å². The summed E-state index contributed by atoms with van der Waals surface area (Å²) in [6.45, 7) is 0.976. The van der Waals surface area contributed by atoms with E-state index in [1.807, 2.05) is 25.2 Å². The molecular formula is C16H17ClFNO2. The Kier molecular flexibility index (Phi) is 5.42. The molecule has 0 spiro atoms. The summed E-state index contributed by atoms with van der Waals surface area (Å²) >= 11 is 5.66. The third-order valence-corrected chi connectivity index (χ3v) is 3.29. The Bertz CT molecular complexity index is 619. The zero-order chi connectivity index (χ0) is 15.2. The van der Waals surface area contributed by atoms with Crippen LogP contribution in [0.25, 0.3) is 0 Å². The summed E-state index contributed by atoms with van der Waals surface area (Å²) in [5, 5.41) is 3.18. The monoisotopic (exact) mass is 309 g/mol. The maximum atomic E-state index is 13.4. The van der Waals surface area contributed by atoms with Crippen molar-refractivity contribution in [2.24, 2.45) is 0 Å². The van der Waals surface area contributed by atoms with Crippen LogP contribution in [0.2, 0.25) is 5.02 Å². The molecule has 21 heavy (non-hydrogen) atoms. The van der Waals surface area contributed by atoms with Crippen LogP contribution in [-0.4, -0.2) is 14.2 Å². The fourth-order valence-electron chi connectivity index (χ4n) is 1.94. The summed E-state index contributed by atoms with van der Waals surface area (Å²) in [6, 6.07) is 10.3. The van der Waals surface area contributed by atoms with Crippen LogP contribution < -0.4 is 14.8 Å². The topological polar surface area (TPSA) is 30.5 Å². The average Bonchev–Trinajstić information content (AvgIpc) is 2.49. The van der Waals surface area contributed by atoms with Crippen LogP contribution in [0.15, 0.2) is 36.4 Å². The van der Waals surface area contributed by atoms with Gasteiger partial charge in [-0.2, -0.15) is 0 Å². The minimum atomic E-state index is -0.450. The van der Waals surface area contributed by atoms with Crippen molar-refractivity contribution in [1.82, 2.24) is 5.32 Å². The number of methoxy groups -OCH3 is 1. The zero-order valence-corrected chi connectivity index (χ0v) is 12.7. The second-order valence-corrected chi connectivity index (χ2v) is 4.96. The van der Waals surface area contributed by atoms with Gasteiger partial charge in [-0.25, -0.2) is 4.39 Å². The van der Waals surface area contributed by atoms with Crippen molar-refractivity contribution >= 4 is 11.6 Å². The van der Waals surface area contributed by atoms with Gasteiger partial charge in [0.2, 0.25) is 0 Å². The van der Waals surface area contributed by atoms with Crippen molar-refractivity contribution < 1.29 is 13.9 Å². The molecule has 0 aliphatic heterocycles. The highest BCUT2D eigenvalue weighted by Gasteiger charge is 2.07. The van der Waals surface area contributed by atoms with Crippen LogP contribution in [0.3, 0.4) is 0 Å². The van der Waals surface area contributed by atoms with Crippen LogP contribution in [0.1, 0.15) is 11.1 Å². The lowest BCUT2D eigenvalue weighted by atomic mass is 10.2. The van der Waals surface area contributed by atoms with Crippen molar-refractivity contribution in [3.8, 4) is 11.5 Å². The number of ether oxygens (including phenoxy) is 2. The molecule has 0 aliphatic carbocycles. The van der Waals surface area contributed by atoms with Crippen molar-refractivity contribution in [3.63, 3.8) is 0 Å². The van der Waals surface area contributed by atoms with Gasteiger partial charge in [0.05, 0.1) is 12.1 Å². The van der Waals surface area contributed by atoms with E-state index in [2.05, 4.69) is 5.32 Å². The predicted octanol–water partition coefficient (Wildman–Crippen LogP) is 3.79. The molecule has 1 N–H and O–H groups in total. The third kappa shape index (κ3) is 4.09. The second kappa shape index (κ2) is 7.29. The van der Waals surface area contributed by atoms with Gasteiger partial charge in [0.15, 0.2) is 11.5 Å². The minimum absolute atomic E-state index is 0.104. The molecular weight excluding hydrogens is 293 g/mol. The molecule has 0 amide bonds. The quantitative estimate of drug-likeness (QED) is 0.880. The largest absolute Gasteiger partial charge is 0.493 e. The molecule has 0 fully saturated rings. The Morgan fingerprint density at radius 1 is 1.10 bits per heavy atom. The molecule has 2 rings (SSSR count). The van der Waals surface area contributed by atoms with Crippen LogP contribution in [0, 0.1) is 5.82 Å². The summed E-state index contributed by atoms with van der Waals surface area (Å²) < 4.78 is 24.4. The first kappa shape index (κ1) is 15.6. The SMILES string of the molecule is CNCc1ccc(OC)c(OCc2ccc(Cl)c(F)c2)c1. The highest BCUT2D eigenvalue weighted by molar-refractivity contribution is 6.30. The molecule has 0 saturated heterocycles. The van der Waals surface area contributed by atoms with E-state index in [9.17, 15) is 4.39 Å². The van der Waals surface area contributed by atoms with Gasteiger partial charge in [-0.05, 0) is 42.4 Å². The van der Waals surface area contributed by atoms with E-state index in [1.54, 1.807) is 13.2 Å². The van der Waals surface area contributed by atoms with Gasteiger partial charge in [0.1, 0.15) is 12.4 Å². The van der Waals surface area contributed by atoms with E-state index < -0.39 is 5.82 Å². The van der Waals surface area contributed by atoms with Gasteiger partial charge in [-0.1, -0.05) is 23.7 Å². The fourth-order valence-corrected chi connectivity index (χ4v) is 2.06. The summed E-state index contributed by atoms with van der Waals surface area (Å²) in [4.78, 5) is 0. The number of benzene rings is 2. The zero-order valence-electron chi connectivity index (χ0n) is 12.0. The Balaban J connectivity index is 2.13. The molecule has 0 heterocycles. The van der Waals surface area contributed by atoms with Gasteiger partial charge in [0.25, 0.3) is 0 Å². The first-order valence-electron chi connectivity index (χ1n) is 6.52. The lowest BCUT2D eigenvalue weighted by Gasteiger charge is -2.12. The lowest BCUT2D eigenvalue weighted by Crippen LogP contribution is -2.06. The summed E-state index contributed by atoms with van der Waals surface area (Å²) in [5.74, 6) is 0.818. The normalized spacial score (nSPS) is 10.5. The highest BCUT2D eigenvalue weighted by atomic mass is 35.5. The number of rotatable bonds is 6. The van der Waals surface area contributed by atoms with E-state index in [1.165, 1.54) is 12.1 Å². The molecule has 0 aliphatic rings. The molecule has 5 heteroatoms. The number of halogens is 2. The second-order valence-electron chi connectivity index (χ2n) is 4.55. The van der Waals surface area contributed by atoms with Gasteiger partial charge in [0, 0.05) is 6.54 Å². The van der Waals surface area contributed by atoms with E-state index in [-0.39, 0.29) is 11.6 Å². The van der Waals surface area contributed by atoms with Crippen molar-refractivity contribution in [1.29, 1.82) is 0 Å². The molecule has 0 aromatic heterocycles. The molecule has 2 aromatic carbocycles. The lowest BCUT2D eigenvalue weighted by molar-refractivity contribution is 0.283. The van der Waals surface area contributed by atoms with Crippen LogP contribution >= 0.6 is 11.6 Å². The van der Waals surface area contributed by atoms with Gasteiger partial charge < -0.3 is 14.8 Å². The smallest absolute Gasteiger partial charge is 0.161 e. The average molecular weight is 310 g/mol. The maximum absolute atomic E-state index is 13.4. The predicted molar refractivity (Wildman–Crippen MR) is 81.5 cm³/mol. The summed E-state index contributed by atoms with van der Waals surface area (Å²) in [7, 11) is 3.46. The summed E-state index contributed by atoms with van der Waals surface area (Å²) in [6.07, 6.45) is 0.